The van der Waals surface area contributed by atoms with E-state index in [1.807, 2.05) is 0 Å². The number of ketones is 1. The lowest BCUT2D eigenvalue weighted by Crippen LogP contribution is -2.23. The first-order valence-corrected chi connectivity index (χ1v) is 6.54. The molecule has 0 saturated carbocycles. The van der Waals surface area contributed by atoms with Gasteiger partial charge >= 0.3 is 0 Å². The lowest BCUT2D eigenvalue weighted by molar-refractivity contribution is -0.122. The van der Waals surface area contributed by atoms with Crippen molar-refractivity contribution in [2.45, 2.75) is 13.3 Å². The molecular formula is C13H15BrFNO. The number of carbonyl (C=O) groups excluding carboxylic acids is 1. The molecule has 1 fully saturated rings. The molecule has 0 aromatic heterocycles. The Morgan fingerprint density at radius 1 is 1.53 bits per heavy atom. The maximum atomic E-state index is 13.5. The molecule has 0 bridgehead atoms. The van der Waals surface area contributed by atoms with Gasteiger partial charge in [-0.1, -0.05) is 22.9 Å². The summed E-state index contributed by atoms with van der Waals surface area (Å²) in [5.74, 6) is 0.186. The largest absolute Gasteiger partial charge is 0.316 e. The number of benzene rings is 1. The van der Waals surface area contributed by atoms with Gasteiger partial charge in [0.1, 0.15) is 11.6 Å². The first kappa shape index (κ1) is 12.7. The van der Waals surface area contributed by atoms with E-state index in [-0.39, 0.29) is 23.9 Å². The zero-order chi connectivity index (χ0) is 12.4. The molecule has 1 aliphatic heterocycles. The Kier molecular flexibility index (Phi) is 3.94. The minimum absolute atomic E-state index is 0.0216. The second kappa shape index (κ2) is 5.27. The van der Waals surface area contributed by atoms with Crippen molar-refractivity contribution in [2.75, 3.05) is 13.1 Å². The van der Waals surface area contributed by atoms with Crippen LogP contribution in [0.3, 0.4) is 0 Å². The second-order valence-corrected chi connectivity index (χ2v) is 5.54. The van der Waals surface area contributed by atoms with Crippen LogP contribution in [0.25, 0.3) is 0 Å². The molecule has 4 heteroatoms. The normalized spacial score (nSPS) is 23.9. The van der Waals surface area contributed by atoms with E-state index in [0.29, 0.717) is 11.5 Å². The van der Waals surface area contributed by atoms with Crippen LogP contribution in [-0.2, 0) is 11.2 Å². The highest BCUT2D eigenvalue weighted by Gasteiger charge is 2.29. The lowest BCUT2D eigenvalue weighted by atomic mass is 9.90. The van der Waals surface area contributed by atoms with Crippen molar-refractivity contribution in [1.82, 2.24) is 5.32 Å². The average molecular weight is 300 g/mol. The maximum absolute atomic E-state index is 13.5. The predicted octanol–water partition coefficient (Wildman–Crippen LogP) is 2.56. The van der Waals surface area contributed by atoms with E-state index in [1.54, 1.807) is 12.1 Å². The lowest BCUT2D eigenvalue weighted by Gasteiger charge is -2.13. The molecule has 2 atom stereocenters. The molecule has 0 radical (unpaired) electrons. The van der Waals surface area contributed by atoms with Crippen molar-refractivity contribution in [1.29, 1.82) is 0 Å². The summed E-state index contributed by atoms with van der Waals surface area (Å²) >= 11 is 3.29. The van der Waals surface area contributed by atoms with E-state index in [0.717, 1.165) is 17.6 Å². The Hall–Kier alpha value is -0.740. The minimum atomic E-state index is -0.305. The number of rotatable bonds is 3. The summed E-state index contributed by atoms with van der Waals surface area (Å²) in [7, 11) is 0. The van der Waals surface area contributed by atoms with Gasteiger partial charge in [0.05, 0.1) is 0 Å². The molecule has 1 heterocycles. The van der Waals surface area contributed by atoms with Crippen LogP contribution in [0.5, 0.6) is 0 Å². The van der Waals surface area contributed by atoms with Gasteiger partial charge in [-0.05, 0) is 36.2 Å². The van der Waals surface area contributed by atoms with Gasteiger partial charge in [-0.15, -0.1) is 0 Å². The highest BCUT2D eigenvalue weighted by molar-refractivity contribution is 9.10. The Morgan fingerprint density at radius 3 is 2.94 bits per heavy atom. The van der Waals surface area contributed by atoms with Gasteiger partial charge in [-0.25, -0.2) is 4.39 Å². The molecule has 17 heavy (non-hydrogen) atoms. The summed E-state index contributed by atoms with van der Waals surface area (Å²) in [4.78, 5) is 12.1. The Morgan fingerprint density at radius 2 is 2.29 bits per heavy atom. The molecule has 0 spiro atoms. The predicted molar refractivity (Wildman–Crippen MR) is 68.3 cm³/mol. The fourth-order valence-electron chi connectivity index (χ4n) is 2.24. The van der Waals surface area contributed by atoms with Crippen molar-refractivity contribution < 1.29 is 9.18 Å². The maximum Gasteiger partial charge on any atom is 0.142 e. The molecule has 2 unspecified atom stereocenters. The Balaban J connectivity index is 2.10. The van der Waals surface area contributed by atoms with Crippen LogP contribution >= 0.6 is 15.9 Å². The zero-order valence-corrected chi connectivity index (χ0v) is 11.3. The summed E-state index contributed by atoms with van der Waals surface area (Å²) in [5.41, 5.74) is 0.475. The summed E-state index contributed by atoms with van der Waals surface area (Å²) in [6.45, 7) is 3.65. The third-order valence-electron chi connectivity index (χ3n) is 3.30. The molecule has 1 aliphatic rings. The van der Waals surface area contributed by atoms with Gasteiger partial charge in [0, 0.05) is 23.4 Å². The van der Waals surface area contributed by atoms with E-state index in [4.69, 9.17) is 0 Å². The number of Topliss-reactive ketones (excluding diaryl/α,β-unsaturated/α-hetero) is 1. The standard InChI is InChI=1S/C13H15BrFNO/c1-8-6-16-7-11(8)13(17)5-9-4-10(14)2-3-12(9)15/h2-4,8,11,16H,5-7H2,1H3. The monoisotopic (exact) mass is 299 g/mol. The van der Waals surface area contributed by atoms with Crippen LogP contribution in [0.4, 0.5) is 4.39 Å². The van der Waals surface area contributed by atoms with E-state index < -0.39 is 0 Å². The number of nitrogens with one attached hydrogen (secondary N) is 1. The molecule has 1 N–H and O–H groups in total. The van der Waals surface area contributed by atoms with Crippen LogP contribution < -0.4 is 5.32 Å². The number of carbonyl (C=O) groups is 1. The first-order chi connectivity index (χ1) is 8.08. The number of hydrogen-bond donors (Lipinski definition) is 1. The molecule has 1 aromatic carbocycles. The third kappa shape index (κ3) is 2.93. The molecule has 2 rings (SSSR count). The minimum Gasteiger partial charge on any atom is -0.316 e. The van der Waals surface area contributed by atoms with Crippen LogP contribution in [0.15, 0.2) is 22.7 Å². The van der Waals surface area contributed by atoms with Crippen LogP contribution in [0.2, 0.25) is 0 Å². The van der Waals surface area contributed by atoms with Crippen molar-refractivity contribution in [3.05, 3.63) is 34.1 Å². The van der Waals surface area contributed by atoms with E-state index in [2.05, 4.69) is 28.2 Å². The fraction of sp³-hybridized carbons (Fsp3) is 0.462. The third-order valence-corrected chi connectivity index (χ3v) is 3.80. The zero-order valence-electron chi connectivity index (χ0n) is 9.67. The van der Waals surface area contributed by atoms with Gasteiger partial charge in [-0.3, -0.25) is 4.79 Å². The van der Waals surface area contributed by atoms with Crippen molar-refractivity contribution in [3.63, 3.8) is 0 Å². The van der Waals surface area contributed by atoms with Crippen LogP contribution in [0.1, 0.15) is 12.5 Å². The van der Waals surface area contributed by atoms with E-state index >= 15 is 0 Å². The number of hydrogen-bond acceptors (Lipinski definition) is 2. The van der Waals surface area contributed by atoms with Crippen molar-refractivity contribution in [2.24, 2.45) is 11.8 Å². The quantitative estimate of drug-likeness (QED) is 0.929. The fourth-order valence-corrected chi connectivity index (χ4v) is 2.65. The molecule has 2 nitrogen and oxygen atoms in total. The topological polar surface area (TPSA) is 29.1 Å². The summed E-state index contributed by atoms with van der Waals surface area (Å²) in [6, 6.07) is 4.71. The molecule has 0 aliphatic carbocycles. The Labute approximate surface area is 109 Å². The highest BCUT2D eigenvalue weighted by Crippen LogP contribution is 2.21. The van der Waals surface area contributed by atoms with Gasteiger partial charge in [0.2, 0.25) is 0 Å². The van der Waals surface area contributed by atoms with Crippen LogP contribution in [0, 0.1) is 17.7 Å². The molecule has 0 amide bonds. The molecule has 1 aromatic rings. The summed E-state index contributed by atoms with van der Waals surface area (Å²) in [6.07, 6.45) is 0.182. The molecule has 1 saturated heterocycles. The first-order valence-electron chi connectivity index (χ1n) is 5.75. The van der Waals surface area contributed by atoms with Gasteiger partial charge < -0.3 is 5.32 Å². The summed E-state index contributed by atoms with van der Waals surface area (Å²) < 4.78 is 14.3. The smallest absolute Gasteiger partial charge is 0.142 e. The second-order valence-electron chi connectivity index (χ2n) is 4.62. The van der Waals surface area contributed by atoms with Crippen LogP contribution in [-0.4, -0.2) is 18.9 Å². The average Bonchev–Trinajstić information content (AvgIpc) is 2.70. The van der Waals surface area contributed by atoms with E-state index in [1.165, 1.54) is 6.07 Å². The van der Waals surface area contributed by atoms with Gasteiger partial charge in [0.15, 0.2) is 0 Å². The van der Waals surface area contributed by atoms with Crippen molar-refractivity contribution in [3.8, 4) is 0 Å². The van der Waals surface area contributed by atoms with Gasteiger partial charge in [0.25, 0.3) is 0 Å². The molecule has 92 valence electrons. The SMILES string of the molecule is CC1CNCC1C(=O)Cc1cc(Br)ccc1F. The summed E-state index contributed by atoms with van der Waals surface area (Å²) in [5, 5.41) is 3.19. The number of halogens is 2. The van der Waals surface area contributed by atoms with E-state index in [9.17, 15) is 9.18 Å². The van der Waals surface area contributed by atoms with Crippen molar-refractivity contribution >= 4 is 21.7 Å². The molecular weight excluding hydrogens is 285 g/mol. The Bertz CT molecular complexity index is 435. The van der Waals surface area contributed by atoms with Gasteiger partial charge in [-0.2, -0.15) is 0 Å². The highest BCUT2D eigenvalue weighted by atomic mass is 79.9.